The molecule has 1 aromatic carbocycles. The van der Waals surface area contributed by atoms with E-state index in [4.69, 9.17) is 5.11 Å². The van der Waals surface area contributed by atoms with Crippen LogP contribution in [0.3, 0.4) is 0 Å². The van der Waals surface area contributed by atoms with Gasteiger partial charge in [-0.15, -0.1) is 0 Å². The van der Waals surface area contributed by atoms with Gasteiger partial charge in [0, 0.05) is 0 Å². The van der Waals surface area contributed by atoms with Crippen molar-refractivity contribution in [2.45, 2.75) is 31.6 Å². The van der Waals surface area contributed by atoms with Gasteiger partial charge in [0.05, 0.1) is 16.6 Å². The van der Waals surface area contributed by atoms with Crippen LogP contribution in [0.1, 0.15) is 32.3 Å². The van der Waals surface area contributed by atoms with E-state index < -0.39 is 21.7 Å². The van der Waals surface area contributed by atoms with E-state index in [2.05, 4.69) is 0 Å². The summed E-state index contributed by atoms with van der Waals surface area (Å²) < 4.78 is 23.3. The third kappa shape index (κ3) is 3.10. The van der Waals surface area contributed by atoms with Crippen molar-refractivity contribution >= 4 is 15.8 Å². The molecule has 1 N–H and O–H groups in total. The molecule has 2 unspecified atom stereocenters. The minimum absolute atomic E-state index is 0.0629. The van der Waals surface area contributed by atoms with Gasteiger partial charge in [-0.3, -0.25) is 4.79 Å². The predicted octanol–water partition coefficient (Wildman–Crippen LogP) is 2.30. The molecule has 0 heterocycles. The smallest absolute Gasteiger partial charge is 0.306 e. The van der Waals surface area contributed by atoms with Crippen molar-refractivity contribution in [1.29, 1.82) is 0 Å². The molecule has 0 spiro atoms. The third-order valence-electron chi connectivity index (χ3n) is 3.28. The van der Waals surface area contributed by atoms with Gasteiger partial charge in [-0.1, -0.05) is 32.9 Å². The lowest BCUT2D eigenvalue weighted by atomic mass is 9.89. The number of carboxylic acid groups (broad SMARTS) is 1. The lowest BCUT2D eigenvalue weighted by molar-refractivity contribution is -0.141. The second kappa shape index (κ2) is 5.52. The van der Waals surface area contributed by atoms with E-state index in [0.717, 1.165) is 5.56 Å². The van der Waals surface area contributed by atoms with Crippen LogP contribution < -0.4 is 0 Å². The first kappa shape index (κ1) is 14.7. The summed E-state index contributed by atoms with van der Waals surface area (Å²) >= 11 is 0. The van der Waals surface area contributed by atoms with Gasteiger partial charge in [0.25, 0.3) is 0 Å². The van der Waals surface area contributed by atoms with Crippen molar-refractivity contribution < 1.29 is 18.3 Å². The van der Waals surface area contributed by atoms with Crippen LogP contribution in [-0.2, 0) is 14.6 Å². The Morgan fingerprint density at radius 2 is 1.72 bits per heavy atom. The van der Waals surface area contributed by atoms with Crippen molar-refractivity contribution in [3.63, 3.8) is 0 Å². The van der Waals surface area contributed by atoms with Crippen LogP contribution in [0.4, 0.5) is 0 Å². The van der Waals surface area contributed by atoms with Gasteiger partial charge in [0.2, 0.25) is 0 Å². The number of aliphatic carboxylic acids is 1. The van der Waals surface area contributed by atoms with Crippen LogP contribution in [0.2, 0.25) is 0 Å². The molecule has 0 fully saturated rings. The molecular weight excluding hydrogens is 252 g/mol. The van der Waals surface area contributed by atoms with Crippen LogP contribution in [0.15, 0.2) is 29.2 Å². The maximum absolute atomic E-state index is 11.6. The average molecular weight is 270 g/mol. The van der Waals surface area contributed by atoms with Crippen molar-refractivity contribution in [2.75, 3.05) is 5.75 Å². The van der Waals surface area contributed by atoms with Gasteiger partial charge in [-0.2, -0.15) is 0 Å². The summed E-state index contributed by atoms with van der Waals surface area (Å²) in [6, 6.07) is 6.46. The van der Waals surface area contributed by atoms with Crippen LogP contribution in [0.25, 0.3) is 0 Å². The Kier molecular flexibility index (Phi) is 4.51. The van der Waals surface area contributed by atoms with E-state index in [1.54, 1.807) is 38.1 Å². The van der Waals surface area contributed by atoms with Crippen molar-refractivity contribution in [2.24, 2.45) is 5.92 Å². The molecule has 0 aliphatic rings. The standard InChI is InChI=1S/C13H18O4S/c1-4-18(16,17)12-7-5-11(6-8-12)9(2)10(3)13(14)15/h5-10H,4H2,1-3H3,(H,14,15). The molecule has 1 rings (SSSR count). The molecule has 2 atom stereocenters. The molecule has 100 valence electrons. The van der Waals surface area contributed by atoms with Crippen LogP contribution in [-0.4, -0.2) is 25.2 Å². The van der Waals surface area contributed by atoms with Crippen LogP contribution in [0.5, 0.6) is 0 Å². The molecule has 0 saturated heterocycles. The third-order valence-corrected chi connectivity index (χ3v) is 5.04. The second-order valence-corrected chi connectivity index (χ2v) is 6.67. The highest BCUT2D eigenvalue weighted by atomic mass is 32.2. The van der Waals surface area contributed by atoms with E-state index >= 15 is 0 Å². The topological polar surface area (TPSA) is 71.4 Å². The van der Waals surface area contributed by atoms with Gasteiger partial charge in [-0.25, -0.2) is 8.42 Å². The molecule has 1 aromatic rings. The molecular formula is C13H18O4S. The zero-order chi connectivity index (χ0) is 13.9. The Bertz CT molecular complexity index is 516. The fourth-order valence-electron chi connectivity index (χ4n) is 1.65. The SMILES string of the molecule is CCS(=O)(=O)c1ccc(C(C)C(C)C(=O)O)cc1. The highest BCUT2D eigenvalue weighted by Crippen LogP contribution is 2.25. The number of hydrogen-bond donors (Lipinski definition) is 1. The summed E-state index contributed by atoms with van der Waals surface area (Å²) in [4.78, 5) is 11.2. The first-order valence-corrected chi connectivity index (χ1v) is 7.50. The summed E-state index contributed by atoms with van der Waals surface area (Å²) in [6.45, 7) is 5.06. The quantitative estimate of drug-likeness (QED) is 0.891. The number of hydrogen-bond acceptors (Lipinski definition) is 3. The van der Waals surface area contributed by atoms with E-state index in [0.29, 0.717) is 0 Å². The van der Waals surface area contributed by atoms with E-state index in [-0.39, 0.29) is 16.6 Å². The summed E-state index contributed by atoms with van der Waals surface area (Å²) in [5.74, 6) is -1.44. The summed E-state index contributed by atoms with van der Waals surface area (Å²) in [5, 5.41) is 8.94. The Morgan fingerprint density at radius 1 is 1.22 bits per heavy atom. The first-order valence-electron chi connectivity index (χ1n) is 5.85. The summed E-state index contributed by atoms with van der Waals surface area (Å²) in [5.41, 5.74) is 0.833. The van der Waals surface area contributed by atoms with Crippen molar-refractivity contribution in [3.8, 4) is 0 Å². The Labute approximate surface area is 108 Å². The molecule has 0 aliphatic carbocycles. The molecule has 0 saturated carbocycles. The second-order valence-electron chi connectivity index (χ2n) is 4.39. The molecule has 4 nitrogen and oxygen atoms in total. The normalized spacial score (nSPS) is 15.1. The van der Waals surface area contributed by atoms with Gasteiger partial charge < -0.3 is 5.11 Å². The zero-order valence-corrected chi connectivity index (χ0v) is 11.6. The number of rotatable bonds is 5. The van der Waals surface area contributed by atoms with E-state index in [1.165, 1.54) is 0 Å². The highest BCUT2D eigenvalue weighted by Gasteiger charge is 2.21. The van der Waals surface area contributed by atoms with Gasteiger partial charge in [0.15, 0.2) is 9.84 Å². The molecule has 5 heteroatoms. The Balaban J connectivity index is 3.00. The maximum Gasteiger partial charge on any atom is 0.306 e. The molecule has 0 bridgehead atoms. The number of carboxylic acids is 1. The van der Waals surface area contributed by atoms with Gasteiger partial charge >= 0.3 is 5.97 Å². The number of carbonyl (C=O) groups is 1. The highest BCUT2D eigenvalue weighted by molar-refractivity contribution is 7.91. The Morgan fingerprint density at radius 3 is 2.11 bits per heavy atom. The molecule has 0 radical (unpaired) electrons. The van der Waals surface area contributed by atoms with E-state index in [1.807, 2.05) is 6.92 Å². The minimum atomic E-state index is -3.19. The predicted molar refractivity (Wildman–Crippen MR) is 69.4 cm³/mol. The molecule has 0 aliphatic heterocycles. The van der Waals surface area contributed by atoms with Crippen LogP contribution >= 0.6 is 0 Å². The first-order chi connectivity index (χ1) is 8.29. The maximum atomic E-state index is 11.6. The van der Waals surface area contributed by atoms with Crippen LogP contribution in [0, 0.1) is 5.92 Å². The van der Waals surface area contributed by atoms with Gasteiger partial charge in [0.1, 0.15) is 0 Å². The largest absolute Gasteiger partial charge is 0.481 e. The minimum Gasteiger partial charge on any atom is -0.481 e. The lowest BCUT2D eigenvalue weighted by Crippen LogP contribution is -2.16. The fraction of sp³-hybridized carbons (Fsp3) is 0.462. The molecule has 18 heavy (non-hydrogen) atoms. The monoisotopic (exact) mass is 270 g/mol. The summed E-state index contributed by atoms with van der Waals surface area (Å²) in [7, 11) is -3.19. The average Bonchev–Trinajstić information content (AvgIpc) is 2.37. The van der Waals surface area contributed by atoms with Gasteiger partial charge in [-0.05, 0) is 23.6 Å². The fourth-order valence-corrected chi connectivity index (χ4v) is 2.53. The zero-order valence-electron chi connectivity index (χ0n) is 10.8. The molecule has 0 amide bonds. The van der Waals surface area contributed by atoms with Crippen molar-refractivity contribution in [1.82, 2.24) is 0 Å². The van der Waals surface area contributed by atoms with Crippen molar-refractivity contribution in [3.05, 3.63) is 29.8 Å². The number of benzene rings is 1. The summed E-state index contributed by atoms with van der Waals surface area (Å²) in [6.07, 6.45) is 0. The molecule has 0 aromatic heterocycles. The Hall–Kier alpha value is -1.36. The van der Waals surface area contributed by atoms with E-state index in [9.17, 15) is 13.2 Å². The number of sulfone groups is 1. The lowest BCUT2D eigenvalue weighted by Gasteiger charge is -2.16.